The van der Waals surface area contributed by atoms with Gasteiger partial charge in [0.1, 0.15) is 0 Å². The van der Waals surface area contributed by atoms with Crippen LogP contribution in [-0.2, 0) is 12.7 Å². The van der Waals surface area contributed by atoms with Gasteiger partial charge in [-0.3, -0.25) is 9.59 Å². The van der Waals surface area contributed by atoms with Crippen molar-refractivity contribution >= 4 is 23.2 Å². The molecule has 4 nitrogen and oxygen atoms in total. The number of amides is 1. The topological polar surface area (TPSA) is 51.1 Å². The van der Waals surface area contributed by atoms with Crippen LogP contribution < -0.4 is 10.9 Å². The van der Waals surface area contributed by atoms with E-state index in [9.17, 15) is 22.8 Å². The number of hydrogen-bond acceptors (Lipinski definition) is 2. The predicted octanol–water partition coefficient (Wildman–Crippen LogP) is 4.82. The first kappa shape index (κ1) is 19.7. The Bertz CT molecular complexity index is 1080. The van der Waals surface area contributed by atoms with Crippen molar-refractivity contribution in [1.29, 1.82) is 0 Å². The standard InChI is InChI=1S/C20H14ClF3N2O2/c21-16-6-1-2-7-17(16)25-19(28)14-8-9-18(27)26(12-14)11-13-4-3-5-15(10-13)20(22,23)24/h1-10,12H,11H2,(H,25,28). The van der Waals surface area contributed by atoms with Crippen LogP contribution in [-0.4, -0.2) is 10.5 Å². The van der Waals surface area contributed by atoms with Crippen molar-refractivity contribution in [1.82, 2.24) is 4.57 Å². The Balaban J connectivity index is 1.85. The number of carbonyl (C=O) groups is 1. The molecule has 0 saturated heterocycles. The molecule has 0 radical (unpaired) electrons. The summed E-state index contributed by atoms with van der Waals surface area (Å²) in [6.45, 7) is -0.101. The minimum absolute atomic E-state index is 0.101. The molecule has 0 saturated carbocycles. The number of anilines is 1. The van der Waals surface area contributed by atoms with E-state index in [0.29, 0.717) is 16.3 Å². The zero-order valence-electron chi connectivity index (χ0n) is 14.3. The molecule has 0 aliphatic heterocycles. The third-order valence-corrected chi connectivity index (χ3v) is 4.30. The monoisotopic (exact) mass is 406 g/mol. The number of nitrogens with zero attached hydrogens (tertiary/aromatic N) is 1. The molecule has 0 fully saturated rings. The molecule has 0 aliphatic rings. The van der Waals surface area contributed by atoms with E-state index in [-0.39, 0.29) is 12.1 Å². The van der Waals surface area contributed by atoms with E-state index in [0.717, 1.165) is 12.1 Å². The summed E-state index contributed by atoms with van der Waals surface area (Å²) in [5, 5.41) is 2.99. The molecule has 0 bridgehead atoms. The molecule has 144 valence electrons. The maximum atomic E-state index is 12.9. The highest BCUT2D eigenvalue weighted by Gasteiger charge is 2.30. The molecule has 0 atom stereocenters. The lowest BCUT2D eigenvalue weighted by molar-refractivity contribution is -0.137. The summed E-state index contributed by atoms with van der Waals surface area (Å²) in [6, 6.07) is 13.9. The number of alkyl halides is 3. The molecule has 1 aromatic heterocycles. The van der Waals surface area contributed by atoms with E-state index >= 15 is 0 Å². The number of nitrogens with one attached hydrogen (secondary N) is 1. The quantitative estimate of drug-likeness (QED) is 0.675. The van der Waals surface area contributed by atoms with E-state index in [4.69, 9.17) is 11.6 Å². The highest BCUT2D eigenvalue weighted by molar-refractivity contribution is 6.33. The van der Waals surface area contributed by atoms with Crippen molar-refractivity contribution in [3.63, 3.8) is 0 Å². The molecule has 1 amide bonds. The maximum absolute atomic E-state index is 12.9. The highest BCUT2D eigenvalue weighted by Crippen LogP contribution is 2.29. The van der Waals surface area contributed by atoms with Crippen LogP contribution in [0.3, 0.4) is 0 Å². The minimum Gasteiger partial charge on any atom is -0.321 e. The lowest BCUT2D eigenvalue weighted by atomic mass is 10.1. The van der Waals surface area contributed by atoms with Crippen molar-refractivity contribution in [2.75, 3.05) is 5.32 Å². The largest absolute Gasteiger partial charge is 0.416 e. The highest BCUT2D eigenvalue weighted by atomic mass is 35.5. The molecule has 0 spiro atoms. The average molecular weight is 407 g/mol. The zero-order chi connectivity index (χ0) is 20.3. The third kappa shape index (κ3) is 4.61. The van der Waals surface area contributed by atoms with Crippen molar-refractivity contribution < 1.29 is 18.0 Å². The van der Waals surface area contributed by atoms with E-state index in [1.54, 1.807) is 24.3 Å². The molecule has 28 heavy (non-hydrogen) atoms. The predicted molar refractivity (Wildman–Crippen MR) is 101 cm³/mol. The van der Waals surface area contributed by atoms with Crippen molar-refractivity contribution in [3.8, 4) is 0 Å². The molecule has 0 aliphatic carbocycles. The molecule has 0 unspecified atom stereocenters. The summed E-state index contributed by atoms with van der Waals surface area (Å²) in [5.74, 6) is -0.495. The van der Waals surface area contributed by atoms with Gasteiger partial charge >= 0.3 is 6.18 Å². The van der Waals surface area contributed by atoms with Gasteiger partial charge in [0.15, 0.2) is 0 Å². The summed E-state index contributed by atoms with van der Waals surface area (Å²) < 4.78 is 39.8. The van der Waals surface area contributed by atoms with Crippen LogP contribution in [0.15, 0.2) is 71.7 Å². The molecule has 2 aromatic carbocycles. The molecular weight excluding hydrogens is 393 g/mol. The van der Waals surface area contributed by atoms with Gasteiger partial charge in [0, 0.05) is 12.3 Å². The van der Waals surface area contributed by atoms with Gasteiger partial charge in [0.25, 0.3) is 11.5 Å². The first-order valence-corrected chi connectivity index (χ1v) is 8.54. The lowest BCUT2D eigenvalue weighted by Crippen LogP contribution is -2.22. The van der Waals surface area contributed by atoms with Crippen molar-refractivity contribution in [2.24, 2.45) is 0 Å². The molecule has 1 N–H and O–H groups in total. The Labute approximate surface area is 163 Å². The van der Waals surface area contributed by atoms with Crippen molar-refractivity contribution in [3.05, 3.63) is 98.9 Å². The summed E-state index contributed by atoms with van der Waals surface area (Å²) in [5.41, 5.74) is -0.366. The number of aromatic nitrogens is 1. The van der Waals surface area contributed by atoms with Gasteiger partial charge in [-0.05, 0) is 35.9 Å². The molecular formula is C20H14ClF3N2O2. The summed E-state index contributed by atoms with van der Waals surface area (Å²) in [7, 11) is 0. The smallest absolute Gasteiger partial charge is 0.321 e. The van der Waals surface area contributed by atoms with Crippen LogP contribution in [0.2, 0.25) is 5.02 Å². The van der Waals surface area contributed by atoms with Gasteiger partial charge in [-0.1, -0.05) is 35.9 Å². The number of para-hydroxylation sites is 1. The van der Waals surface area contributed by atoms with Gasteiger partial charge in [-0.15, -0.1) is 0 Å². The minimum atomic E-state index is -4.47. The van der Waals surface area contributed by atoms with E-state index in [1.807, 2.05) is 0 Å². The number of benzene rings is 2. The first-order chi connectivity index (χ1) is 13.2. The van der Waals surface area contributed by atoms with Crippen molar-refractivity contribution in [2.45, 2.75) is 12.7 Å². The Morgan fingerprint density at radius 2 is 1.79 bits per heavy atom. The van der Waals surface area contributed by atoms with E-state index < -0.39 is 23.2 Å². The van der Waals surface area contributed by atoms with Crippen LogP contribution in [0.5, 0.6) is 0 Å². The van der Waals surface area contributed by atoms with Gasteiger partial charge < -0.3 is 9.88 Å². The second-order valence-electron chi connectivity index (χ2n) is 6.02. The van der Waals surface area contributed by atoms with E-state index in [1.165, 1.54) is 35.0 Å². The number of halogens is 4. The summed E-state index contributed by atoms with van der Waals surface area (Å²) in [6.07, 6.45) is -3.17. The van der Waals surface area contributed by atoms with Gasteiger partial charge in [0.05, 0.1) is 28.4 Å². The fraction of sp³-hybridized carbons (Fsp3) is 0.100. The zero-order valence-corrected chi connectivity index (χ0v) is 15.1. The number of hydrogen-bond donors (Lipinski definition) is 1. The Kier molecular flexibility index (Phi) is 5.56. The van der Waals surface area contributed by atoms with Crippen LogP contribution in [0.4, 0.5) is 18.9 Å². The second kappa shape index (κ2) is 7.90. The first-order valence-electron chi connectivity index (χ1n) is 8.16. The van der Waals surface area contributed by atoms with Gasteiger partial charge in [0.2, 0.25) is 0 Å². The fourth-order valence-corrected chi connectivity index (χ4v) is 2.77. The molecule has 3 rings (SSSR count). The maximum Gasteiger partial charge on any atom is 0.416 e. The average Bonchev–Trinajstić information content (AvgIpc) is 2.65. The fourth-order valence-electron chi connectivity index (χ4n) is 2.59. The van der Waals surface area contributed by atoms with Gasteiger partial charge in [-0.2, -0.15) is 13.2 Å². The Hall–Kier alpha value is -3.06. The SMILES string of the molecule is O=C(Nc1ccccc1Cl)c1ccc(=O)n(Cc2cccc(C(F)(F)F)c2)c1. The number of rotatable bonds is 4. The Morgan fingerprint density at radius 3 is 2.50 bits per heavy atom. The third-order valence-electron chi connectivity index (χ3n) is 3.97. The summed E-state index contributed by atoms with van der Waals surface area (Å²) >= 11 is 6.01. The lowest BCUT2D eigenvalue weighted by Gasteiger charge is -2.12. The van der Waals surface area contributed by atoms with Crippen LogP contribution >= 0.6 is 11.6 Å². The molecule has 3 aromatic rings. The second-order valence-corrected chi connectivity index (χ2v) is 6.42. The molecule has 1 heterocycles. The number of pyridine rings is 1. The Morgan fingerprint density at radius 1 is 1.04 bits per heavy atom. The molecule has 8 heteroatoms. The normalized spacial score (nSPS) is 11.3. The number of carbonyl (C=O) groups excluding carboxylic acids is 1. The summed E-state index contributed by atoms with van der Waals surface area (Å²) in [4.78, 5) is 24.5. The van der Waals surface area contributed by atoms with Crippen LogP contribution in [0.25, 0.3) is 0 Å². The van der Waals surface area contributed by atoms with Crippen LogP contribution in [0.1, 0.15) is 21.5 Å². The van der Waals surface area contributed by atoms with E-state index in [2.05, 4.69) is 5.32 Å². The van der Waals surface area contributed by atoms with Gasteiger partial charge in [-0.25, -0.2) is 0 Å². The van der Waals surface area contributed by atoms with Crippen LogP contribution in [0, 0.1) is 0 Å².